The Labute approximate surface area is 127 Å². The van der Waals surface area contributed by atoms with E-state index in [1.807, 2.05) is 4.90 Å². The van der Waals surface area contributed by atoms with Crippen LogP contribution in [0, 0.1) is 0 Å². The first kappa shape index (κ1) is 14.6. The molecule has 114 valence electrons. The predicted molar refractivity (Wildman–Crippen MR) is 85.2 cm³/mol. The number of nitrogens with two attached hydrogens (primary N) is 1. The molecular weight excluding hydrogens is 260 g/mol. The quantitative estimate of drug-likeness (QED) is 0.907. The topological polar surface area (TPSA) is 46.3 Å². The first-order valence-corrected chi connectivity index (χ1v) is 8.29. The minimum atomic E-state index is 0.255. The lowest BCUT2D eigenvalue weighted by atomic mass is 9.89. The van der Waals surface area contributed by atoms with E-state index in [0.29, 0.717) is 6.42 Å². The second-order valence-electron chi connectivity index (χ2n) is 6.71. The maximum Gasteiger partial charge on any atom is 0.227 e. The zero-order valence-electron chi connectivity index (χ0n) is 13.0. The van der Waals surface area contributed by atoms with E-state index < -0.39 is 0 Å². The average molecular weight is 286 g/mol. The highest BCUT2D eigenvalue weighted by molar-refractivity contribution is 5.79. The fourth-order valence-corrected chi connectivity index (χ4v) is 3.75. The molecule has 0 aromatic heterocycles. The number of hydrogen-bond donors (Lipinski definition) is 1. The Bertz CT molecular complexity index is 526. The molecule has 2 aliphatic rings. The molecule has 1 saturated heterocycles. The molecule has 1 aliphatic heterocycles. The number of piperidine rings is 1. The number of carbonyl (C=O) groups excluding carboxylic acids is 1. The molecule has 0 unspecified atom stereocenters. The van der Waals surface area contributed by atoms with Crippen molar-refractivity contribution in [1.82, 2.24) is 4.90 Å². The molecule has 1 aromatic carbocycles. The number of carbonyl (C=O) groups is 1. The van der Waals surface area contributed by atoms with Gasteiger partial charge in [-0.2, -0.15) is 0 Å². The minimum Gasteiger partial charge on any atom is -0.340 e. The van der Waals surface area contributed by atoms with Crippen LogP contribution in [-0.4, -0.2) is 29.4 Å². The highest BCUT2D eigenvalue weighted by atomic mass is 16.2. The van der Waals surface area contributed by atoms with E-state index in [4.69, 9.17) is 5.73 Å². The monoisotopic (exact) mass is 286 g/mol. The molecule has 3 nitrogen and oxygen atoms in total. The third kappa shape index (κ3) is 3.29. The fourth-order valence-electron chi connectivity index (χ4n) is 3.75. The van der Waals surface area contributed by atoms with Crippen LogP contribution in [0.15, 0.2) is 18.2 Å². The number of aryl methyl sites for hydroxylation is 2. The van der Waals surface area contributed by atoms with E-state index in [1.165, 1.54) is 42.4 Å². The van der Waals surface area contributed by atoms with Crippen LogP contribution in [0.4, 0.5) is 0 Å². The number of nitrogens with zero attached hydrogens (tertiary/aromatic N) is 1. The molecule has 0 saturated carbocycles. The van der Waals surface area contributed by atoms with Crippen LogP contribution < -0.4 is 5.73 Å². The van der Waals surface area contributed by atoms with Crippen LogP contribution in [0.2, 0.25) is 0 Å². The van der Waals surface area contributed by atoms with Gasteiger partial charge in [-0.3, -0.25) is 4.79 Å². The highest BCUT2D eigenvalue weighted by Gasteiger charge is 2.26. The van der Waals surface area contributed by atoms with E-state index in [1.54, 1.807) is 0 Å². The SMILES string of the molecule is C[C@@H]1C[C@@H](N)CCN1C(=O)Cc1ccc2c(c1)CCCC2. The van der Waals surface area contributed by atoms with E-state index in [-0.39, 0.29) is 18.0 Å². The Hall–Kier alpha value is -1.35. The van der Waals surface area contributed by atoms with Crippen LogP contribution in [0.25, 0.3) is 0 Å². The Morgan fingerprint density at radius 3 is 2.81 bits per heavy atom. The number of benzene rings is 1. The summed E-state index contributed by atoms with van der Waals surface area (Å²) in [5, 5.41) is 0. The molecule has 3 heteroatoms. The van der Waals surface area contributed by atoms with Crippen molar-refractivity contribution in [2.45, 2.75) is 64.0 Å². The van der Waals surface area contributed by atoms with Gasteiger partial charge in [-0.25, -0.2) is 0 Å². The van der Waals surface area contributed by atoms with Crippen molar-refractivity contribution in [1.29, 1.82) is 0 Å². The number of amides is 1. The molecule has 1 amide bonds. The van der Waals surface area contributed by atoms with Gasteiger partial charge in [-0.1, -0.05) is 18.2 Å². The van der Waals surface area contributed by atoms with E-state index >= 15 is 0 Å². The molecule has 1 heterocycles. The van der Waals surface area contributed by atoms with Crippen LogP contribution in [0.3, 0.4) is 0 Å². The summed E-state index contributed by atoms with van der Waals surface area (Å²) in [7, 11) is 0. The van der Waals surface area contributed by atoms with Gasteiger partial charge in [0.05, 0.1) is 6.42 Å². The smallest absolute Gasteiger partial charge is 0.227 e. The first-order valence-electron chi connectivity index (χ1n) is 8.29. The van der Waals surface area contributed by atoms with E-state index in [2.05, 4.69) is 25.1 Å². The van der Waals surface area contributed by atoms with Gasteiger partial charge in [0.15, 0.2) is 0 Å². The van der Waals surface area contributed by atoms with Crippen LogP contribution in [-0.2, 0) is 24.1 Å². The summed E-state index contributed by atoms with van der Waals surface area (Å²) in [4.78, 5) is 14.6. The molecular formula is C18H26N2O. The maximum atomic E-state index is 12.5. The largest absolute Gasteiger partial charge is 0.340 e. The van der Waals surface area contributed by atoms with Gasteiger partial charge >= 0.3 is 0 Å². The van der Waals surface area contributed by atoms with Crippen molar-refractivity contribution in [3.8, 4) is 0 Å². The summed E-state index contributed by atoms with van der Waals surface area (Å²) < 4.78 is 0. The van der Waals surface area contributed by atoms with Crippen molar-refractivity contribution in [2.75, 3.05) is 6.54 Å². The lowest BCUT2D eigenvalue weighted by Gasteiger charge is -2.36. The number of likely N-dealkylation sites (tertiary alicyclic amines) is 1. The van der Waals surface area contributed by atoms with Gasteiger partial charge in [-0.15, -0.1) is 0 Å². The van der Waals surface area contributed by atoms with Crippen LogP contribution >= 0.6 is 0 Å². The van der Waals surface area contributed by atoms with Gasteiger partial charge in [0.25, 0.3) is 0 Å². The van der Waals surface area contributed by atoms with Gasteiger partial charge in [0, 0.05) is 18.6 Å². The highest BCUT2D eigenvalue weighted by Crippen LogP contribution is 2.23. The van der Waals surface area contributed by atoms with Crippen LogP contribution in [0.1, 0.15) is 49.3 Å². The molecule has 0 spiro atoms. The molecule has 3 rings (SSSR count). The van der Waals surface area contributed by atoms with E-state index in [9.17, 15) is 4.79 Å². The summed E-state index contributed by atoms with van der Waals surface area (Å²) in [5.41, 5.74) is 10.1. The molecule has 1 aliphatic carbocycles. The van der Waals surface area contributed by atoms with Crippen LogP contribution in [0.5, 0.6) is 0 Å². The maximum absolute atomic E-state index is 12.5. The molecule has 2 N–H and O–H groups in total. The van der Waals surface area contributed by atoms with Crippen molar-refractivity contribution in [3.63, 3.8) is 0 Å². The Morgan fingerprint density at radius 1 is 1.29 bits per heavy atom. The molecule has 1 fully saturated rings. The first-order chi connectivity index (χ1) is 10.1. The summed E-state index contributed by atoms with van der Waals surface area (Å²) in [6, 6.07) is 7.16. The summed E-state index contributed by atoms with van der Waals surface area (Å²) in [6.45, 7) is 2.93. The fraction of sp³-hybridized carbons (Fsp3) is 0.611. The van der Waals surface area contributed by atoms with E-state index in [0.717, 1.165) is 19.4 Å². The zero-order valence-corrected chi connectivity index (χ0v) is 13.0. The standard InChI is InChI=1S/C18H26N2O/c1-13-10-17(19)8-9-20(13)18(21)12-14-6-7-15-4-2-3-5-16(15)11-14/h6-7,11,13,17H,2-5,8-10,12,19H2,1H3/t13-,17+/m1/s1. The number of fused-ring (bicyclic) bond motifs is 1. The lowest BCUT2D eigenvalue weighted by Crippen LogP contribution is -2.48. The zero-order chi connectivity index (χ0) is 14.8. The second-order valence-corrected chi connectivity index (χ2v) is 6.71. The predicted octanol–water partition coefficient (Wildman–Crippen LogP) is 2.45. The van der Waals surface area contributed by atoms with Gasteiger partial charge in [0.1, 0.15) is 0 Å². The number of rotatable bonds is 2. The minimum absolute atomic E-state index is 0.255. The Morgan fingerprint density at radius 2 is 2.05 bits per heavy atom. The van der Waals surface area contributed by atoms with Crippen molar-refractivity contribution < 1.29 is 4.79 Å². The van der Waals surface area contributed by atoms with Gasteiger partial charge < -0.3 is 10.6 Å². The second kappa shape index (κ2) is 6.18. The molecule has 0 radical (unpaired) electrons. The molecule has 0 bridgehead atoms. The van der Waals surface area contributed by atoms with Gasteiger partial charge in [-0.05, 0) is 62.1 Å². The normalized spacial score (nSPS) is 25.5. The third-order valence-corrected chi connectivity index (χ3v) is 5.01. The van der Waals surface area contributed by atoms with Crippen molar-refractivity contribution >= 4 is 5.91 Å². The molecule has 2 atom stereocenters. The Kier molecular flexibility index (Phi) is 4.29. The summed E-state index contributed by atoms with van der Waals surface area (Å²) >= 11 is 0. The Balaban J connectivity index is 1.67. The van der Waals surface area contributed by atoms with Gasteiger partial charge in [0.2, 0.25) is 5.91 Å². The van der Waals surface area contributed by atoms with Crippen molar-refractivity contribution in [2.24, 2.45) is 5.73 Å². The summed E-state index contributed by atoms with van der Waals surface area (Å²) in [6.07, 6.45) is 7.35. The summed E-state index contributed by atoms with van der Waals surface area (Å²) in [5.74, 6) is 0.255. The number of hydrogen-bond acceptors (Lipinski definition) is 2. The lowest BCUT2D eigenvalue weighted by molar-refractivity contribution is -0.133. The van der Waals surface area contributed by atoms with Crippen molar-refractivity contribution in [3.05, 3.63) is 34.9 Å². The molecule has 1 aromatic rings. The third-order valence-electron chi connectivity index (χ3n) is 5.01. The average Bonchev–Trinajstić information content (AvgIpc) is 2.47. The molecule has 21 heavy (non-hydrogen) atoms.